The summed E-state index contributed by atoms with van der Waals surface area (Å²) in [5.41, 5.74) is 0.928. The van der Waals surface area contributed by atoms with Gasteiger partial charge in [-0.2, -0.15) is 8.42 Å². The molecule has 1 aromatic rings. The van der Waals surface area contributed by atoms with E-state index in [0.29, 0.717) is 11.8 Å². The maximum atomic E-state index is 10.7. The fourth-order valence-electron chi connectivity index (χ4n) is 0.906. The third-order valence-electron chi connectivity index (χ3n) is 1.68. The van der Waals surface area contributed by atoms with Crippen LogP contribution >= 0.6 is 0 Å². The van der Waals surface area contributed by atoms with Crippen molar-refractivity contribution in [3.63, 3.8) is 0 Å². The fraction of sp³-hybridized carbons (Fsp3) is 0.125. The first-order valence-electron chi connectivity index (χ1n) is 3.48. The van der Waals surface area contributed by atoms with Gasteiger partial charge < -0.3 is 1.43 Å². The van der Waals surface area contributed by atoms with Gasteiger partial charge in [0.25, 0.3) is 10.1 Å². The van der Waals surface area contributed by atoms with Crippen LogP contribution in [0.4, 0.5) is 0 Å². The molecule has 0 heterocycles. The van der Waals surface area contributed by atoms with Crippen molar-refractivity contribution < 1.29 is 48.7 Å². The summed E-state index contributed by atoms with van der Waals surface area (Å²) < 4.78 is 30.0. The van der Waals surface area contributed by atoms with E-state index in [2.05, 4.69) is 0 Å². The maximum Gasteiger partial charge on any atom is 1.00 e. The van der Waals surface area contributed by atoms with Crippen molar-refractivity contribution >= 4 is 16.4 Å². The molecule has 0 aliphatic rings. The van der Waals surface area contributed by atoms with Gasteiger partial charge in [0.1, 0.15) is 6.29 Å². The molecule has 0 aliphatic heterocycles. The van der Waals surface area contributed by atoms with E-state index in [1.165, 1.54) is 12.1 Å². The Balaban J connectivity index is 0. The van der Waals surface area contributed by atoms with E-state index in [-0.39, 0.29) is 41.4 Å². The molecule has 0 saturated heterocycles. The van der Waals surface area contributed by atoms with Gasteiger partial charge in [-0.25, -0.2) is 0 Å². The predicted octanol–water partition coefficient (Wildman–Crippen LogP) is -1.83. The molecule has 0 amide bonds. The van der Waals surface area contributed by atoms with E-state index in [1.807, 2.05) is 0 Å². The maximum absolute atomic E-state index is 10.7. The van der Waals surface area contributed by atoms with Crippen LogP contribution in [0.1, 0.15) is 17.3 Å². The number of rotatable bonds is 2. The average molecular weight is 224 g/mol. The Hall–Kier alpha value is -0.200. The number of hydrogen-bond donors (Lipinski definition) is 1. The fourth-order valence-corrected chi connectivity index (χ4v) is 1.42. The van der Waals surface area contributed by atoms with Gasteiger partial charge >= 0.3 is 29.6 Å². The molecule has 0 bridgehead atoms. The molecule has 1 aromatic carbocycles. The second-order valence-corrected chi connectivity index (χ2v) is 4.03. The normalized spacial score (nSPS) is 10.4. The van der Waals surface area contributed by atoms with Gasteiger partial charge in [-0.3, -0.25) is 9.35 Å². The summed E-state index contributed by atoms with van der Waals surface area (Å²) in [5.74, 6) is 0. The summed E-state index contributed by atoms with van der Waals surface area (Å²) in [6.45, 7) is 1.68. The summed E-state index contributed by atoms with van der Waals surface area (Å²) in [7, 11) is -4.21. The molecule has 0 aromatic heterocycles. The summed E-state index contributed by atoms with van der Waals surface area (Å²) in [6.07, 6.45) is 0.546. The van der Waals surface area contributed by atoms with Crippen molar-refractivity contribution in [3.8, 4) is 0 Å². The Bertz CT molecular complexity index is 444. The molecule has 0 unspecified atom stereocenters. The third-order valence-corrected chi connectivity index (χ3v) is 2.53. The average Bonchev–Trinajstić information content (AvgIpc) is 2.03. The van der Waals surface area contributed by atoms with Crippen molar-refractivity contribution in [2.75, 3.05) is 0 Å². The van der Waals surface area contributed by atoms with Crippen LogP contribution in [-0.4, -0.2) is 19.3 Å². The van der Waals surface area contributed by atoms with Crippen LogP contribution in [-0.2, 0) is 10.1 Å². The molecule has 72 valence electrons. The molecule has 4 nitrogen and oxygen atoms in total. The molecular formula is C8H9NaO4S. The van der Waals surface area contributed by atoms with Crippen molar-refractivity contribution in [2.24, 2.45) is 0 Å². The van der Waals surface area contributed by atoms with Gasteiger partial charge in [-0.1, -0.05) is 6.07 Å². The number of aryl methyl sites for hydroxylation is 1. The van der Waals surface area contributed by atoms with Gasteiger partial charge in [0.05, 0.1) is 4.90 Å². The van der Waals surface area contributed by atoms with Gasteiger partial charge in [-0.15, -0.1) is 0 Å². The van der Waals surface area contributed by atoms with E-state index in [4.69, 9.17) is 4.55 Å². The zero-order valence-electron chi connectivity index (χ0n) is 8.89. The van der Waals surface area contributed by atoms with Gasteiger partial charge in [0, 0.05) is 5.56 Å². The summed E-state index contributed by atoms with van der Waals surface area (Å²) in [5, 5.41) is 0. The zero-order valence-corrected chi connectivity index (χ0v) is 10.7. The Morgan fingerprint density at radius 1 is 1.43 bits per heavy atom. The van der Waals surface area contributed by atoms with Crippen LogP contribution in [0, 0.1) is 6.92 Å². The van der Waals surface area contributed by atoms with Crippen molar-refractivity contribution in [3.05, 3.63) is 29.3 Å². The van der Waals surface area contributed by atoms with Crippen LogP contribution in [0.3, 0.4) is 0 Å². The minimum Gasteiger partial charge on any atom is -1.00 e. The Morgan fingerprint density at radius 2 is 2.00 bits per heavy atom. The first kappa shape index (κ1) is 13.8. The first-order valence-corrected chi connectivity index (χ1v) is 4.92. The minimum atomic E-state index is -4.21. The van der Waals surface area contributed by atoms with E-state index >= 15 is 0 Å². The molecule has 0 spiro atoms. The molecule has 6 heteroatoms. The van der Waals surface area contributed by atoms with Gasteiger partial charge in [0.15, 0.2) is 0 Å². The molecule has 1 rings (SSSR count). The van der Waals surface area contributed by atoms with Gasteiger partial charge in [-0.05, 0) is 24.6 Å². The second-order valence-electron chi connectivity index (χ2n) is 2.61. The SMILES string of the molecule is Cc1ccc(S(=O)(=O)O)cc1C=O.[H-].[Na+]. The number of hydrogen-bond acceptors (Lipinski definition) is 3. The third kappa shape index (κ3) is 3.18. The Morgan fingerprint density at radius 3 is 2.43 bits per heavy atom. The first-order chi connectivity index (χ1) is 5.95. The van der Waals surface area contributed by atoms with E-state index in [0.717, 1.165) is 6.07 Å². The van der Waals surface area contributed by atoms with Gasteiger partial charge in [0.2, 0.25) is 0 Å². The van der Waals surface area contributed by atoms with E-state index in [1.54, 1.807) is 6.92 Å². The van der Waals surface area contributed by atoms with Crippen molar-refractivity contribution in [1.29, 1.82) is 0 Å². The number of carbonyl (C=O) groups is 1. The molecule has 0 atom stereocenters. The summed E-state index contributed by atoms with van der Waals surface area (Å²) >= 11 is 0. The van der Waals surface area contributed by atoms with Crippen LogP contribution in [0.2, 0.25) is 0 Å². The smallest absolute Gasteiger partial charge is 1.00 e. The molecular weight excluding hydrogens is 215 g/mol. The molecule has 0 saturated carbocycles. The molecule has 1 N–H and O–H groups in total. The minimum absolute atomic E-state index is 0. The van der Waals surface area contributed by atoms with Crippen LogP contribution in [0.5, 0.6) is 0 Å². The number of benzene rings is 1. The van der Waals surface area contributed by atoms with Crippen LogP contribution < -0.4 is 29.6 Å². The predicted molar refractivity (Wildman–Crippen MR) is 47.5 cm³/mol. The standard InChI is InChI=1S/C8H8O4S.Na.H/c1-6-2-3-8(13(10,11)12)4-7(6)5-9;;/h2-5H,1H3,(H,10,11,12);;/q;+1;-1. The second kappa shape index (κ2) is 5.04. The number of aldehydes is 1. The molecule has 0 radical (unpaired) electrons. The van der Waals surface area contributed by atoms with Crippen LogP contribution in [0.15, 0.2) is 23.1 Å². The largest absolute Gasteiger partial charge is 1.00 e. The van der Waals surface area contributed by atoms with Crippen molar-refractivity contribution in [2.45, 2.75) is 11.8 Å². The zero-order chi connectivity index (χ0) is 10.1. The Labute approximate surface area is 106 Å². The molecule has 14 heavy (non-hydrogen) atoms. The monoisotopic (exact) mass is 224 g/mol. The van der Waals surface area contributed by atoms with Crippen LogP contribution in [0.25, 0.3) is 0 Å². The number of carbonyl (C=O) groups excluding carboxylic acids is 1. The van der Waals surface area contributed by atoms with Crippen molar-refractivity contribution in [1.82, 2.24) is 0 Å². The Kier molecular flexibility index (Phi) is 4.97. The topological polar surface area (TPSA) is 71.4 Å². The quantitative estimate of drug-likeness (QED) is 0.364. The molecule has 0 aliphatic carbocycles. The summed E-state index contributed by atoms with van der Waals surface area (Å²) in [4.78, 5) is 10.2. The molecule has 0 fully saturated rings. The van der Waals surface area contributed by atoms with E-state index < -0.39 is 10.1 Å². The van der Waals surface area contributed by atoms with E-state index in [9.17, 15) is 13.2 Å². The summed E-state index contributed by atoms with van der Waals surface area (Å²) in [6, 6.07) is 3.85.